The van der Waals surface area contributed by atoms with Crippen molar-refractivity contribution in [3.63, 3.8) is 0 Å². The highest BCUT2D eigenvalue weighted by atomic mass is 15.2. The lowest BCUT2D eigenvalue weighted by atomic mass is 9.88. The van der Waals surface area contributed by atoms with Crippen molar-refractivity contribution in [3.8, 4) is 0 Å². The van der Waals surface area contributed by atoms with Crippen LogP contribution >= 0.6 is 0 Å². The third kappa shape index (κ3) is 2.28. The molecule has 0 amide bonds. The van der Waals surface area contributed by atoms with Crippen LogP contribution in [-0.2, 0) is 0 Å². The van der Waals surface area contributed by atoms with Crippen molar-refractivity contribution in [3.05, 3.63) is 35.9 Å². The van der Waals surface area contributed by atoms with Gasteiger partial charge in [0.2, 0.25) is 0 Å². The zero-order valence-corrected chi connectivity index (χ0v) is 10.3. The Morgan fingerprint density at radius 2 is 1.88 bits per heavy atom. The van der Waals surface area contributed by atoms with Crippen molar-refractivity contribution in [1.82, 2.24) is 4.90 Å². The Morgan fingerprint density at radius 3 is 2.38 bits per heavy atom. The van der Waals surface area contributed by atoms with Gasteiger partial charge in [-0.3, -0.25) is 4.90 Å². The Morgan fingerprint density at radius 1 is 1.25 bits per heavy atom. The standard InChI is InChI=1S/C14H22N2/c1-11(2)14(8-15)16-9-13(10-16)12-6-4-3-5-7-12/h3-7,11,13-14H,8-10,15H2,1-2H3. The van der Waals surface area contributed by atoms with Crippen LogP contribution in [0, 0.1) is 5.92 Å². The highest BCUT2D eigenvalue weighted by Crippen LogP contribution is 2.29. The number of benzene rings is 1. The quantitative estimate of drug-likeness (QED) is 0.838. The fraction of sp³-hybridized carbons (Fsp3) is 0.571. The maximum Gasteiger partial charge on any atom is 0.0241 e. The molecule has 1 saturated heterocycles. The Labute approximate surface area is 98.4 Å². The molecular formula is C14H22N2. The van der Waals surface area contributed by atoms with Crippen LogP contribution in [0.5, 0.6) is 0 Å². The Kier molecular flexibility index (Phi) is 3.62. The van der Waals surface area contributed by atoms with E-state index in [2.05, 4.69) is 49.1 Å². The maximum absolute atomic E-state index is 5.83. The average molecular weight is 218 g/mol. The molecule has 2 nitrogen and oxygen atoms in total. The molecule has 0 aromatic heterocycles. The Balaban J connectivity index is 1.90. The molecule has 0 aliphatic carbocycles. The minimum atomic E-state index is 0.556. The van der Waals surface area contributed by atoms with E-state index in [4.69, 9.17) is 5.73 Å². The third-order valence-electron chi connectivity index (χ3n) is 3.66. The van der Waals surface area contributed by atoms with Gasteiger partial charge in [0.05, 0.1) is 0 Å². The summed E-state index contributed by atoms with van der Waals surface area (Å²) < 4.78 is 0. The summed E-state index contributed by atoms with van der Waals surface area (Å²) in [6, 6.07) is 11.3. The summed E-state index contributed by atoms with van der Waals surface area (Å²) in [5.74, 6) is 1.37. The van der Waals surface area contributed by atoms with Gasteiger partial charge in [-0.25, -0.2) is 0 Å². The SMILES string of the molecule is CC(C)C(CN)N1CC(c2ccccc2)C1. The first kappa shape index (κ1) is 11.6. The summed E-state index contributed by atoms with van der Waals surface area (Å²) in [6.45, 7) is 7.63. The highest BCUT2D eigenvalue weighted by Gasteiger charge is 2.33. The topological polar surface area (TPSA) is 29.3 Å². The number of nitrogens with two attached hydrogens (primary N) is 1. The van der Waals surface area contributed by atoms with Gasteiger partial charge in [-0.05, 0) is 11.5 Å². The Hall–Kier alpha value is -0.860. The van der Waals surface area contributed by atoms with Crippen molar-refractivity contribution in [2.75, 3.05) is 19.6 Å². The van der Waals surface area contributed by atoms with Crippen molar-refractivity contribution in [2.45, 2.75) is 25.8 Å². The molecular weight excluding hydrogens is 196 g/mol. The summed E-state index contributed by atoms with van der Waals surface area (Å²) in [5.41, 5.74) is 7.30. The zero-order chi connectivity index (χ0) is 11.5. The van der Waals surface area contributed by atoms with Crippen LogP contribution < -0.4 is 5.73 Å². The van der Waals surface area contributed by atoms with Crippen molar-refractivity contribution in [1.29, 1.82) is 0 Å². The first-order valence-corrected chi connectivity index (χ1v) is 6.21. The molecule has 1 atom stereocenters. The lowest BCUT2D eigenvalue weighted by Gasteiger charge is -2.46. The predicted molar refractivity (Wildman–Crippen MR) is 68.4 cm³/mol. The van der Waals surface area contributed by atoms with E-state index in [0.29, 0.717) is 17.9 Å². The van der Waals surface area contributed by atoms with Crippen molar-refractivity contribution in [2.24, 2.45) is 11.7 Å². The first-order chi connectivity index (χ1) is 7.72. The van der Waals surface area contributed by atoms with E-state index in [1.54, 1.807) is 0 Å². The largest absolute Gasteiger partial charge is 0.329 e. The molecule has 1 aromatic carbocycles. The van der Waals surface area contributed by atoms with Crippen LogP contribution in [0.25, 0.3) is 0 Å². The number of hydrogen-bond acceptors (Lipinski definition) is 2. The normalized spacial score (nSPS) is 19.8. The van der Waals surface area contributed by atoms with Gasteiger partial charge < -0.3 is 5.73 Å². The van der Waals surface area contributed by atoms with Gasteiger partial charge in [0.15, 0.2) is 0 Å². The maximum atomic E-state index is 5.83. The lowest BCUT2D eigenvalue weighted by Crippen LogP contribution is -2.55. The summed E-state index contributed by atoms with van der Waals surface area (Å²) in [5, 5.41) is 0. The second-order valence-electron chi connectivity index (χ2n) is 5.11. The van der Waals surface area contributed by atoms with Crippen LogP contribution in [0.1, 0.15) is 25.3 Å². The smallest absolute Gasteiger partial charge is 0.0241 e. The molecule has 2 rings (SSSR count). The molecule has 0 radical (unpaired) electrons. The Bertz CT molecular complexity index is 315. The van der Waals surface area contributed by atoms with Gasteiger partial charge in [-0.15, -0.1) is 0 Å². The summed E-state index contributed by atoms with van der Waals surface area (Å²) in [7, 11) is 0. The molecule has 16 heavy (non-hydrogen) atoms. The minimum absolute atomic E-state index is 0.556. The minimum Gasteiger partial charge on any atom is -0.329 e. The van der Waals surface area contributed by atoms with Gasteiger partial charge in [0, 0.05) is 31.6 Å². The van der Waals surface area contributed by atoms with E-state index in [9.17, 15) is 0 Å². The molecule has 0 saturated carbocycles. The van der Waals surface area contributed by atoms with Crippen LogP contribution in [0.15, 0.2) is 30.3 Å². The zero-order valence-electron chi connectivity index (χ0n) is 10.3. The molecule has 2 heteroatoms. The molecule has 88 valence electrons. The van der Waals surface area contributed by atoms with Crippen molar-refractivity contribution < 1.29 is 0 Å². The number of hydrogen-bond donors (Lipinski definition) is 1. The molecule has 1 unspecified atom stereocenters. The van der Waals surface area contributed by atoms with E-state index in [1.165, 1.54) is 18.7 Å². The summed E-state index contributed by atoms with van der Waals surface area (Å²) in [6.07, 6.45) is 0. The van der Waals surface area contributed by atoms with Crippen molar-refractivity contribution >= 4 is 0 Å². The van der Waals surface area contributed by atoms with E-state index < -0.39 is 0 Å². The van der Waals surface area contributed by atoms with E-state index in [-0.39, 0.29) is 0 Å². The molecule has 0 spiro atoms. The van der Waals surface area contributed by atoms with E-state index >= 15 is 0 Å². The van der Waals surface area contributed by atoms with E-state index in [1.807, 2.05) is 0 Å². The summed E-state index contributed by atoms with van der Waals surface area (Å²) >= 11 is 0. The second-order valence-corrected chi connectivity index (χ2v) is 5.11. The second kappa shape index (κ2) is 4.98. The highest BCUT2D eigenvalue weighted by molar-refractivity contribution is 5.22. The van der Waals surface area contributed by atoms with Crippen LogP contribution in [0.2, 0.25) is 0 Å². The number of rotatable bonds is 4. The molecule has 1 heterocycles. The molecule has 1 aliphatic heterocycles. The molecule has 0 bridgehead atoms. The number of likely N-dealkylation sites (tertiary alicyclic amines) is 1. The van der Waals surface area contributed by atoms with Gasteiger partial charge in [-0.2, -0.15) is 0 Å². The van der Waals surface area contributed by atoms with Gasteiger partial charge in [0.1, 0.15) is 0 Å². The predicted octanol–water partition coefficient (Wildman–Crippen LogP) is 2.07. The third-order valence-corrected chi connectivity index (χ3v) is 3.66. The first-order valence-electron chi connectivity index (χ1n) is 6.21. The van der Waals surface area contributed by atoms with Crippen LogP contribution in [-0.4, -0.2) is 30.6 Å². The van der Waals surface area contributed by atoms with Crippen LogP contribution in [0.4, 0.5) is 0 Å². The monoisotopic (exact) mass is 218 g/mol. The summed E-state index contributed by atoms with van der Waals surface area (Å²) in [4.78, 5) is 2.52. The number of nitrogens with zero attached hydrogens (tertiary/aromatic N) is 1. The van der Waals surface area contributed by atoms with E-state index in [0.717, 1.165) is 6.54 Å². The lowest BCUT2D eigenvalue weighted by molar-refractivity contribution is 0.0699. The van der Waals surface area contributed by atoms with Crippen LogP contribution in [0.3, 0.4) is 0 Å². The van der Waals surface area contributed by atoms with Gasteiger partial charge >= 0.3 is 0 Å². The fourth-order valence-electron chi connectivity index (χ4n) is 2.56. The van der Waals surface area contributed by atoms with Gasteiger partial charge in [-0.1, -0.05) is 44.2 Å². The molecule has 1 aromatic rings. The average Bonchev–Trinajstić information content (AvgIpc) is 2.23. The molecule has 1 aliphatic rings. The fourth-order valence-corrected chi connectivity index (χ4v) is 2.56. The molecule has 2 N–H and O–H groups in total. The molecule has 1 fully saturated rings. The van der Waals surface area contributed by atoms with Gasteiger partial charge in [0.25, 0.3) is 0 Å².